The van der Waals surface area contributed by atoms with Crippen LogP contribution in [0, 0.1) is 0 Å². The first-order valence-corrected chi connectivity index (χ1v) is 9.87. The van der Waals surface area contributed by atoms with Crippen LogP contribution < -0.4 is 5.32 Å². The molecule has 2 aromatic heterocycles. The zero-order valence-electron chi connectivity index (χ0n) is 15.5. The molecule has 3 heterocycles. The number of amides is 1. The van der Waals surface area contributed by atoms with Crippen molar-refractivity contribution in [1.29, 1.82) is 0 Å². The van der Waals surface area contributed by atoms with Gasteiger partial charge in [-0.15, -0.1) is 11.3 Å². The molecular formula is C21H17N3O4S. The lowest BCUT2D eigenvalue weighted by Crippen LogP contribution is -2.16. The summed E-state index contributed by atoms with van der Waals surface area (Å²) >= 11 is 1.42. The summed E-state index contributed by atoms with van der Waals surface area (Å²) in [7, 11) is 0. The fourth-order valence-corrected chi connectivity index (χ4v) is 3.84. The molecule has 29 heavy (non-hydrogen) atoms. The van der Waals surface area contributed by atoms with Gasteiger partial charge in [-0.05, 0) is 42.8 Å². The summed E-state index contributed by atoms with van der Waals surface area (Å²) in [6, 6.07) is 8.71. The Labute approximate surface area is 170 Å². The van der Waals surface area contributed by atoms with Crippen molar-refractivity contribution in [2.24, 2.45) is 0 Å². The maximum absolute atomic E-state index is 12.4. The number of esters is 1. The zero-order valence-corrected chi connectivity index (χ0v) is 16.4. The van der Waals surface area contributed by atoms with E-state index in [2.05, 4.69) is 15.3 Å². The quantitative estimate of drug-likeness (QED) is 0.498. The van der Waals surface area contributed by atoms with E-state index in [1.807, 2.05) is 12.1 Å². The number of hydrogen-bond acceptors (Lipinski definition) is 7. The number of thiazole rings is 1. The molecule has 1 N–H and O–H groups in total. The Morgan fingerprint density at radius 3 is 2.93 bits per heavy atom. The van der Waals surface area contributed by atoms with Crippen LogP contribution in [0.25, 0.3) is 10.6 Å². The van der Waals surface area contributed by atoms with Crippen molar-refractivity contribution in [2.75, 3.05) is 11.9 Å². The predicted molar refractivity (Wildman–Crippen MR) is 108 cm³/mol. The Morgan fingerprint density at radius 1 is 1.28 bits per heavy atom. The third-order valence-corrected chi connectivity index (χ3v) is 5.58. The number of benzene rings is 1. The van der Waals surface area contributed by atoms with Gasteiger partial charge in [0, 0.05) is 34.6 Å². The van der Waals surface area contributed by atoms with Gasteiger partial charge in [-0.1, -0.05) is 0 Å². The van der Waals surface area contributed by atoms with E-state index in [0.29, 0.717) is 16.9 Å². The molecular weight excluding hydrogens is 390 g/mol. The standard InChI is InChI=1S/C21H17N3O4S/c1-12-16-7-13(4-5-17(16)24-20(12)27)18(25)10-28-19(26)8-15-11-29-21(23-15)14-3-2-6-22-9-14/h2-7,9,11-12H,8,10H2,1H3,(H,24,27)/t12-/m0/s1. The molecule has 0 saturated carbocycles. The van der Waals surface area contributed by atoms with Crippen molar-refractivity contribution in [3.63, 3.8) is 0 Å². The average molecular weight is 407 g/mol. The van der Waals surface area contributed by atoms with Crippen molar-refractivity contribution < 1.29 is 19.1 Å². The Balaban J connectivity index is 1.34. The van der Waals surface area contributed by atoms with E-state index in [1.165, 1.54) is 11.3 Å². The van der Waals surface area contributed by atoms with E-state index in [1.54, 1.807) is 42.9 Å². The Kier molecular flexibility index (Phi) is 5.18. The van der Waals surface area contributed by atoms with Gasteiger partial charge < -0.3 is 10.1 Å². The van der Waals surface area contributed by atoms with Crippen LogP contribution in [-0.4, -0.2) is 34.2 Å². The monoisotopic (exact) mass is 407 g/mol. The number of carbonyl (C=O) groups excluding carboxylic acids is 3. The lowest BCUT2D eigenvalue weighted by Gasteiger charge is -2.06. The molecule has 0 aliphatic carbocycles. The van der Waals surface area contributed by atoms with Crippen LogP contribution in [0.4, 0.5) is 5.69 Å². The molecule has 0 bridgehead atoms. The van der Waals surface area contributed by atoms with Crippen LogP contribution in [0.15, 0.2) is 48.1 Å². The van der Waals surface area contributed by atoms with Gasteiger partial charge in [0.1, 0.15) is 5.01 Å². The van der Waals surface area contributed by atoms with Crippen molar-refractivity contribution >= 4 is 34.7 Å². The zero-order chi connectivity index (χ0) is 20.4. The van der Waals surface area contributed by atoms with Crippen molar-refractivity contribution in [3.05, 3.63) is 64.9 Å². The molecule has 0 fully saturated rings. The number of nitrogens with one attached hydrogen (secondary N) is 1. The number of carbonyl (C=O) groups is 3. The number of rotatable bonds is 6. The second-order valence-corrected chi connectivity index (χ2v) is 7.52. The number of Topliss-reactive ketones (excluding diaryl/α,β-unsaturated/α-hetero) is 1. The molecule has 3 aromatic rings. The Morgan fingerprint density at radius 2 is 2.14 bits per heavy atom. The molecule has 4 rings (SSSR count). The van der Waals surface area contributed by atoms with E-state index < -0.39 is 5.97 Å². The maximum Gasteiger partial charge on any atom is 0.312 e. The van der Waals surface area contributed by atoms with Crippen LogP contribution >= 0.6 is 11.3 Å². The molecule has 1 aliphatic heterocycles. The first-order chi connectivity index (χ1) is 14.0. The molecule has 0 unspecified atom stereocenters. The minimum atomic E-state index is -0.521. The van der Waals surface area contributed by atoms with Crippen LogP contribution in [0.5, 0.6) is 0 Å². The van der Waals surface area contributed by atoms with Crippen LogP contribution in [0.3, 0.4) is 0 Å². The topological polar surface area (TPSA) is 98.2 Å². The van der Waals surface area contributed by atoms with Crippen LogP contribution in [0.2, 0.25) is 0 Å². The molecule has 1 atom stereocenters. The fourth-order valence-electron chi connectivity index (χ4n) is 3.03. The van der Waals surface area contributed by atoms with Gasteiger partial charge in [0.25, 0.3) is 0 Å². The van der Waals surface area contributed by atoms with Gasteiger partial charge in [-0.3, -0.25) is 19.4 Å². The second kappa shape index (κ2) is 7.92. The number of ketones is 1. The molecule has 1 aromatic carbocycles. The highest BCUT2D eigenvalue weighted by atomic mass is 32.1. The average Bonchev–Trinajstić information content (AvgIpc) is 3.31. The molecule has 0 radical (unpaired) electrons. The molecule has 0 spiro atoms. The second-order valence-electron chi connectivity index (χ2n) is 6.66. The molecule has 7 nitrogen and oxygen atoms in total. The van der Waals surface area contributed by atoms with E-state index >= 15 is 0 Å². The number of fused-ring (bicyclic) bond motifs is 1. The summed E-state index contributed by atoms with van der Waals surface area (Å²) in [5.41, 5.74) is 3.36. The highest BCUT2D eigenvalue weighted by Gasteiger charge is 2.27. The predicted octanol–water partition coefficient (Wildman–Crippen LogP) is 3.23. The first kappa shape index (κ1) is 18.9. The lowest BCUT2D eigenvalue weighted by atomic mass is 9.99. The Bertz CT molecular complexity index is 1090. The smallest absolute Gasteiger partial charge is 0.312 e. The maximum atomic E-state index is 12.4. The summed E-state index contributed by atoms with van der Waals surface area (Å²) < 4.78 is 5.13. The van der Waals surface area contributed by atoms with Gasteiger partial charge in [-0.25, -0.2) is 4.98 Å². The molecule has 146 valence electrons. The summed E-state index contributed by atoms with van der Waals surface area (Å²) in [5, 5.41) is 5.32. The van der Waals surface area contributed by atoms with Gasteiger partial charge in [0.15, 0.2) is 12.4 Å². The molecule has 1 aliphatic rings. The minimum Gasteiger partial charge on any atom is -0.457 e. The van der Waals surface area contributed by atoms with Gasteiger partial charge >= 0.3 is 5.97 Å². The summed E-state index contributed by atoms with van der Waals surface area (Å²) in [4.78, 5) is 44.7. The normalized spacial score (nSPS) is 14.9. The number of ether oxygens (including phenoxy) is 1. The fraction of sp³-hybridized carbons (Fsp3) is 0.190. The minimum absolute atomic E-state index is 0.0102. The van der Waals surface area contributed by atoms with Crippen molar-refractivity contribution in [1.82, 2.24) is 9.97 Å². The van der Waals surface area contributed by atoms with E-state index in [0.717, 1.165) is 16.1 Å². The lowest BCUT2D eigenvalue weighted by molar-refractivity contribution is -0.141. The molecule has 0 saturated heterocycles. The van der Waals surface area contributed by atoms with Crippen LogP contribution in [0.1, 0.15) is 34.5 Å². The summed E-state index contributed by atoms with van der Waals surface area (Å²) in [5.74, 6) is -1.24. The number of hydrogen-bond donors (Lipinski definition) is 1. The van der Waals surface area contributed by atoms with E-state index in [4.69, 9.17) is 4.74 Å². The van der Waals surface area contributed by atoms with Crippen molar-refractivity contribution in [2.45, 2.75) is 19.3 Å². The van der Waals surface area contributed by atoms with Gasteiger partial charge in [-0.2, -0.15) is 0 Å². The molecule has 8 heteroatoms. The highest BCUT2D eigenvalue weighted by Crippen LogP contribution is 2.32. The number of nitrogens with zero attached hydrogens (tertiary/aromatic N) is 2. The first-order valence-electron chi connectivity index (χ1n) is 8.99. The third-order valence-electron chi connectivity index (χ3n) is 4.64. The van der Waals surface area contributed by atoms with E-state index in [9.17, 15) is 14.4 Å². The number of pyridine rings is 1. The summed E-state index contributed by atoms with van der Waals surface area (Å²) in [6.45, 7) is 1.43. The highest BCUT2D eigenvalue weighted by molar-refractivity contribution is 7.13. The number of anilines is 1. The van der Waals surface area contributed by atoms with Gasteiger partial charge in [0.2, 0.25) is 5.91 Å². The summed E-state index contributed by atoms with van der Waals surface area (Å²) in [6.07, 6.45) is 3.38. The van der Waals surface area contributed by atoms with Crippen molar-refractivity contribution in [3.8, 4) is 10.6 Å². The SMILES string of the molecule is C[C@@H]1C(=O)Nc2ccc(C(=O)COC(=O)Cc3csc(-c4cccnc4)n3)cc21. The third kappa shape index (κ3) is 4.07. The Hall–Kier alpha value is -3.39. The van der Waals surface area contributed by atoms with E-state index in [-0.39, 0.29) is 30.6 Å². The largest absolute Gasteiger partial charge is 0.457 e. The van der Waals surface area contributed by atoms with Crippen LogP contribution in [-0.2, 0) is 20.7 Å². The molecule has 1 amide bonds. The number of aromatic nitrogens is 2. The van der Waals surface area contributed by atoms with Gasteiger partial charge in [0.05, 0.1) is 18.0 Å².